The van der Waals surface area contributed by atoms with Crippen LogP contribution in [0.3, 0.4) is 0 Å². The first-order chi connectivity index (χ1) is 8.56. The third kappa shape index (κ3) is 2.83. The van der Waals surface area contributed by atoms with E-state index in [9.17, 15) is 4.39 Å². The first-order valence-corrected chi connectivity index (χ1v) is 5.86. The molecule has 0 bridgehead atoms. The van der Waals surface area contributed by atoms with Crippen LogP contribution in [0.1, 0.15) is 22.4 Å². The molecule has 0 aliphatic carbocycles. The van der Waals surface area contributed by atoms with E-state index in [2.05, 4.69) is 15.5 Å². The van der Waals surface area contributed by atoms with Crippen molar-refractivity contribution < 1.29 is 4.39 Å². The molecule has 0 spiro atoms. The molecule has 94 valence electrons. The van der Waals surface area contributed by atoms with Crippen LogP contribution in [0.2, 0.25) is 0 Å². The Hall–Kier alpha value is -1.97. The molecule has 0 aliphatic heterocycles. The van der Waals surface area contributed by atoms with Gasteiger partial charge in [0, 0.05) is 6.54 Å². The molecule has 3 nitrogen and oxygen atoms in total. The molecular weight excluding hydrogens is 229 g/mol. The van der Waals surface area contributed by atoms with Crippen LogP contribution >= 0.6 is 0 Å². The van der Waals surface area contributed by atoms with Crippen molar-refractivity contribution >= 4 is 5.82 Å². The molecule has 2 rings (SSSR count). The Morgan fingerprint density at radius 1 is 1.06 bits per heavy atom. The predicted molar refractivity (Wildman–Crippen MR) is 70.0 cm³/mol. The van der Waals surface area contributed by atoms with Gasteiger partial charge in [-0.1, -0.05) is 12.1 Å². The quantitative estimate of drug-likeness (QED) is 0.902. The smallest absolute Gasteiger partial charge is 0.148 e. The maximum atomic E-state index is 13.5. The van der Waals surface area contributed by atoms with Crippen LogP contribution in [0.15, 0.2) is 24.3 Å². The summed E-state index contributed by atoms with van der Waals surface area (Å²) in [5, 5.41) is 11.2. The lowest BCUT2D eigenvalue weighted by Gasteiger charge is -2.08. The number of hydrogen-bond acceptors (Lipinski definition) is 3. The Kier molecular flexibility index (Phi) is 3.55. The number of nitrogens with zero attached hydrogens (tertiary/aromatic N) is 2. The fraction of sp³-hybridized carbons (Fsp3) is 0.286. The molecule has 0 aliphatic rings. The average molecular weight is 245 g/mol. The van der Waals surface area contributed by atoms with E-state index in [0.29, 0.717) is 17.7 Å². The summed E-state index contributed by atoms with van der Waals surface area (Å²) in [7, 11) is 0. The minimum Gasteiger partial charge on any atom is -0.365 e. The number of aryl methyl sites for hydroxylation is 3. The zero-order chi connectivity index (χ0) is 13.1. The van der Waals surface area contributed by atoms with Gasteiger partial charge in [-0.25, -0.2) is 4.39 Å². The summed E-state index contributed by atoms with van der Waals surface area (Å²) in [6.07, 6.45) is 0. The number of benzene rings is 1. The van der Waals surface area contributed by atoms with E-state index in [1.807, 2.05) is 31.2 Å². The Morgan fingerprint density at radius 2 is 1.72 bits per heavy atom. The van der Waals surface area contributed by atoms with E-state index < -0.39 is 0 Å². The van der Waals surface area contributed by atoms with Crippen molar-refractivity contribution in [3.8, 4) is 0 Å². The van der Waals surface area contributed by atoms with E-state index in [0.717, 1.165) is 17.1 Å². The molecule has 4 heteroatoms. The van der Waals surface area contributed by atoms with E-state index >= 15 is 0 Å². The van der Waals surface area contributed by atoms with Gasteiger partial charge in [0.1, 0.15) is 11.6 Å². The molecule has 2 aromatic rings. The van der Waals surface area contributed by atoms with Gasteiger partial charge in [-0.2, -0.15) is 5.10 Å². The fourth-order valence-electron chi connectivity index (χ4n) is 1.82. The summed E-state index contributed by atoms with van der Waals surface area (Å²) in [5.41, 5.74) is 3.26. The van der Waals surface area contributed by atoms with Gasteiger partial charge in [0.15, 0.2) is 0 Å². The van der Waals surface area contributed by atoms with Gasteiger partial charge in [0.2, 0.25) is 0 Å². The molecule has 0 saturated heterocycles. The maximum absolute atomic E-state index is 13.5. The maximum Gasteiger partial charge on any atom is 0.148 e. The highest BCUT2D eigenvalue weighted by Crippen LogP contribution is 2.15. The molecule has 0 radical (unpaired) electrons. The fourth-order valence-corrected chi connectivity index (χ4v) is 1.82. The topological polar surface area (TPSA) is 37.8 Å². The summed E-state index contributed by atoms with van der Waals surface area (Å²) >= 11 is 0. The van der Waals surface area contributed by atoms with Crippen molar-refractivity contribution in [2.24, 2.45) is 0 Å². The molecule has 0 atom stereocenters. The number of hydrogen-bond donors (Lipinski definition) is 1. The number of anilines is 1. The number of rotatable bonds is 3. The van der Waals surface area contributed by atoms with Crippen molar-refractivity contribution in [1.29, 1.82) is 0 Å². The molecule has 18 heavy (non-hydrogen) atoms. The van der Waals surface area contributed by atoms with E-state index in [4.69, 9.17) is 0 Å². The van der Waals surface area contributed by atoms with Gasteiger partial charge in [-0.05, 0) is 49.6 Å². The summed E-state index contributed by atoms with van der Waals surface area (Å²) in [6, 6.07) is 7.47. The number of halogens is 1. The molecule has 1 heterocycles. The van der Waals surface area contributed by atoms with Gasteiger partial charge in [-0.3, -0.25) is 0 Å². The molecule has 1 aromatic carbocycles. The van der Waals surface area contributed by atoms with Gasteiger partial charge in [-0.15, -0.1) is 5.10 Å². The Morgan fingerprint density at radius 3 is 2.28 bits per heavy atom. The second-order valence-electron chi connectivity index (χ2n) is 4.46. The Balaban J connectivity index is 2.08. The minimum atomic E-state index is -0.131. The second-order valence-corrected chi connectivity index (χ2v) is 4.46. The molecule has 1 aromatic heterocycles. The van der Waals surface area contributed by atoms with E-state index in [-0.39, 0.29) is 5.82 Å². The monoisotopic (exact) mass is 245 g/mol. The third-order valence-corrected chi connectivity index (χ3v) is 2.77. The largest absolute Gasteiger partial charge is 0.365 e. The summed E-state index contributed by atoms with van der Waals surface area (Å²) in [4.78, 5) is 0. The molecule has 0 unspecified atom stereocenters. The Labute approximate surface area is 106 Å². The second kappa shape index (κ2) is 5.12. The first-order valence-electron chi connectivity index (χ1n) is 5.86. The van der Waals surface area contributed by atoms with Crippen LogP contribution in [0, 0.1) is 26.6 Å². The van der Waals surface area contributed by atoms with Gasteiger partial charge < -0.3 is 5.32 Å². The summed E-state index contributed by atoms with van der Waals surface area (Å²) < 4.78 is 13.5. The molecular formula is C14H16FN3. The van der Waals surface area contributed by atoms with Crippen LogP contribution in [0.4, 0.5) is 10.2 Å². The van der Waals surface area contributed by atoms with Crippen LogP contribution in [0.25, 0.3) is 0 Å². The van der Waals surface area contributed by atoms with Crippen molar-refractivity contribution in [2.45, 2.75) is 27.3 Å². The number of nitrogens with one attached hydrogen (secondary N) is 1. The SMILES string of the molecule is Cc1ccc(NCc2cc(C)c(F)c(C)c2)nn1. The highest BCUT2D eigenvalue weighted by Gasteiger charge is 2.04. The van der Waals surface area contributed by atoms with Crippen LogP contribution < -0.4 is 5.32 Å². The lowest BCUT2D eigenvalue weighted by molar-refractivity contribution is 0.608. The van der Waals surface area contributed by atoms with Crippen LogP contribution in [0.5, 0.6) is 0 Å². The van der Waals surface area contributed by atoms with Gasteiger partial charge >= 0.3 is 0 Å². The lowest BCUT2D eigenvalue weighted by atomic mass is 10.1. The lowest BCUT2D eigenvalue weighted by Crippen LogP contribution is -2.04. The van der Waals surface area contributed by atoms with Gasteiger partial charge in [0.25, 0.3) is 0 Å². The van der Waals surface area contributed by atoms with E-state index in [1.165, 1.54) is 0 Å². The van der Waals surface area contributed by atoms with Crippen LogP contribution in [-0.2, 0) is 6.54 Å². The summed E-state index contributed by atoms with van der Waals surface area (Å²) in [5.74, 6) is 0.592. The first kappa shape index (κ1) is 12.5. The van der Waals surface area contributed by atoms with E-state index in [1.54, 1.807) is 13.8 Å². The Bertz CT molecular complexity index is 526. The van der Waals surface area contributed by atoms with Crippen LogP contribution in [-0.4, -0.2) is 10.2 Å². The highest BCUT2D eigenvalue weighted by atomic mass is 19.1. The highest BCUT2D eigenvalue weighted by molar-refractivity contribution is 5.37. The average Bonchev–Trinajstić information content (AvgIpc) is 2.35. The van der Waals surface area contributed by atoms with Crippen molar-refractivity contribution in [3.63, 3.8) is 0 Å². The molecule has 1 N–H and O–H groups in total. The normalized spacial score (nSPS) is 10.4. The molecule has 0 saturated carbocycles. The number of aromatic nitrogens is 2. The van der Waals surface area contributed by atoms with Crippen molar-refractivity contribution in [1.82, 2.24) is 10.2 Å². The molecule has 0 amide bonds. The predicted octanol–water partition coefficient (Wildman–Crippen LogP) is 3.15. The van der Waals surface area contributed by atoms with Gasteiger partial charge in [0.05, 0.1) is 5.69 Å². The zero-order valence-corrected chi connectivity index (χ0v) is 10.8. The minimum absolute atomic E-state index is 0.131. The zero-order valence-electron chi connectivity index (χ0n) is 10.8. The van der Waals surface area contributed by atoms with Crippen molar-refractivity contribution in [3.05, 3.63) is 52.5 Å². The standard InChI is InChI=1S/C14H16FN3/c1-9-6-12(7-10(2)14(9)15)8-16-13-5-4-11(3)17-18-13/h4-7H,8H2,1-3H3,(H,16,18). The molecule has 0 fully saturated rings. The van der Waals surface area contributed by atoms with Crippen molar-refractivity contribution in [2.75, 3.05) is 5.32 Å². The summed E-state index contributed by atoms with van der Waals surface area (Å²) in [6.45, 7) is 6.05. The third-order valence-electron chi connectivity index (χ3n) is 2.77.